The molecule has 22 heavy (non-hydrogen) atoms. The van der Waals surface area contributed by atoms with Crippen LogP contribution in [0.4, 0.5) is 10.5 Å². The van der Waals surface area contributed by atoms with Crippen molar-refractivity contribution < 1.29 is 9.90 Å². The maximum absolute atomic E-state index is 11.0. The Morgan fingerprint density at radius 1 is 1.05 bits per heavy atom. The molecule has 0 aliphatic rings. The summed E-state index contributed by atoms with van der Waals surface area (Å²) < 4.78 is 1.80. The van der Waals surface area contributed by atoms with Gasteiger partial charge in [0.2, 0.25) is 0 Å². The highest BCUT2D eigenvalue weighted by Crippen LogP contribution is 2.28. The third-order valence-corrected chi connectivity index (χ3v) is 3.30. The summed E-state index contributed by atoms with van der Waals surface area (Å²) in [4.78, 5) is 11.0. The van der Waals surface area contributed by atoms with Crippen LogP contribution in [-0.2, 0) is 6.54 Å². The van der Waals surface area contributed by atoms with E-state index in [2.05, 4.69) is 10.4 Å². The highest BCUT2D eigenvalue weighted by Gasteiger charge is 2.14. The normalized spacial score (nSPS) is 10.4. The number of hydrogen-bond acceptors (Lipinski definition) is 2. The van der Waals surface area contributed by atoms with Crippen LogP contribution in [0.1, 0.15) is 5.56 Å². The fraction of sp³-hybridized carbons (Fsp3) is 0.0588. The minimum absolute atomic E-state index is 0.481. The second-order valence-corrected chi connectivity index (χ2v) is 4.85. The Hall–Kier alpha value is -3.08. The maximum Gasteiger partial charge on any atom is 0.409 e. The summed E-state index contributed by atoms with van der Waals surface area (Å²) in [5, 5.41) is 15.7. The van der Waals surface area contributed by atoms with E-state index in [4.69, 9.17) is 5.11 Å². The van der Waals surface area contributed by atoms with E-state index in [9.17, 15) is 4.79 Å². The Morgan fingerprint density at radius 3 is 2.32 bits per heavy atom. The molecule has 0 fully saturated rings. The summed E-state index contributed by atoms with van der Waals surface area (Å²) in [6, 6.07) is 19.6. The molecule has 0 radical (unpaired) electrons. The van der Waals surface area contributed by atoms with Crippen molar-refractivity contribution in [3.05, 3.63) is 72.4 Å². The summed E-state index contributed by atoms with van der Waals surface area (Å²) >= 11 is 0. The molecular formula is C17H15N3O2. The predicted octanol–water partition coefficient (Wildman–Crippen LogP) is 3.69. The SMILES string of the molecule is O=C(O)Nc1cnn(Cc2ccccc2)c1-c1ccccc1. The molecule has 0 saturated heterocycles. The van der Waals surface area contributed by atoms with Crippen LogP contribution in [0.5, 0.6) is 0 Å². The van der Waals surface area contributed by atoms with Crippen LogP contribution >= 0.6 is 0 Å². The van der Waals surface area contributed by atoms with Gasteiger partial charge in [-0.25, -0.2) is 4.79 Å². The summed E-state index contributed by atoms with van der Waals surface area (Å²) in [5.41, 5.74) is 3.26. The highest BCUT2D eigenvalue weighted by molar-refractivity contribution is 5.89. The lowest BCUT2D eigenvalue weighted by Gasteiger charge is -2.10. The van der Waals surface area contributed by atoms with Gasteiger partial charge in [0.25, 0.3) is 0 Å². The molecule has 0 aliphatic carbocycles. The molecule has 0 spiro atoms. The zero-order valence-electron chi connectivity index (χ0n) is 11.8. The van der Waals surface area contributed by atoms with Crippen LogP contribution in [0.3, 0.4) is 0 Å². The summed E-state index contributed by atoms with van der Waals surface area (Å²) in [5.74, 6) is 0. The molecule has 0 saturated carbocycles. The topological polar surface area (TPSA) is 67.2 Å². The number of rotatable bonds is 4. The fourth-order valence-electron chi connectivity index (χ4n) is 2.37. The second-order valence-electron chi connectivity index (χ2n) is 4.85. The largest absolute Gasteiger partial charge is 0.465 e. The number of nitrogens with one attached hydrogen (secondary N) is 1. The maximum atomic E-state index is 11.0. The first-order chi connectivity index (χ1) is 10.7. The molecule has 1 aromatic heterocycles. The van der Waals surface area contributed by atoms with Crippen LogP contribution in [-0.4, -0.2) is 21.0 Å². The first kappa shape index (κ1) is 13.9. The van der Waals surface area contributed by atoms with E-state index in [1.54, 1.807) is 10.9 Å². The molecular weight excluding hydrogens is 278 g/mol. The Morgan fingerprint density at radius 2 is 1.68 bits per heavy atom. The molecule has 1 heterocycles. The van der Waals surface area contributed by atoms with Gasteiger partial charge >= 0.3 is 6.09 Å². The lowest BCUT2D eigenvalue weighted by Crippen LogP contribution is -2.09. The molecule has 3 aromatic rings. The van der Waals surface area contributed by atoms with Crippen LogP contribution in [0, 0.1) is 0 Å². The van der Waals surface area contributed by atoms with Crippen LogP contribution in [0.25, 0.3) is 11.3 Å². The smallest absolute Gasteiger partial charge is 0.409 e. The molecule has 1 amide bonds. The lowest BCUT2D eigenvalue weighted by atomic mass is 10.1. The summed E-state index contributed by atoms with van der Waals surface area (Å²) in [7, 11) is 0. The number of hydrogen-bond donors (Lipinski definition) is 2. The molecule has 2 N–H and O–H groups in total. The molecule has 3 rings (SSSR count). The molecule has 110 valence electrons. The minimum Gasteiger partial charge on any atom is -0.465 e. The number of benzene rings is 2. The van der Waals surface area contributed by atoms with E-state index in [-0.39, 0.29) is 0 Å². The van der Waals surface area contributed by atoms with Gasteiger partial charge in [0.05, 0.1) is 24.1 Å². The summed E-state index contributed by atoms with van der Waals surface area (Å²) in [6.07, 6.45) is 0.441. The van der Waals surface area contributed by atoms with Gasteiger partial charge in [-0.15, -0.1) is 0 Å². The zero-order chi connectivity index (χ0) is 15.4. The zero-order valence-corrected chi connectivity index (χ0v) is 11.8. The van der Waals surface area contributed by atoms with Gasteiger partial charge in [-0.05, 0) is 5.56 Å². The molecule has 5 heteroatoms. The first-order valence-electron chi connectivity index (χ1n) is 6.89. The van der Waals surface area contributed by atoms with E-state index >= 15 is 0 Å². The van der Waals surface area contributed by atoms with Crippen LogP contribution in [0.15, 0.2) is 66.9 Å². The van der Waals surface area contributed by atoms with Crippen molar-refractivity contribution >= 4 is 11.8 Å². The Bertz CT molecular complexity index is 767. The van der Waals surface area contributed by atoms with Gasteiger partial charge in [0, 0.05) is 5.56 Å². The molecule has 5 nitrogen and oxygen atoms in total. The number of carbonyl (C=O) groups is 1. The van der Waals surface area contributed by atoms with Gasteiger partial charge < -0.3 is 5.11 Å². The molecule has 0 bridgehead atoms. The standard InChI is InChI=1S/C17H15N3O2/c21-17(22)19-15-11-18-20(12-13-7-3-1-4-8-13)16(15)14-9-5-2-6-10-14/h1-11,19H,12H2,(H,21,22). The third kappa shape index (κ3) is 2.98. The van der Waals surface area contributed by atoms with Crippen molar-refractivity contribution in [1.82, 2.24) is 9.78 Å². The Balaban J connectivity index is 2.03. The van der Waals surface area contributed by atoms with E-state index in [1.807, 2.05) is 60.7 Å². The molecule has 0 unspecified atom stereocenters. The predicted molar refractivity (Wildman–Crippen MR) is 84.9 cm³/mol. The monoisotopic (exact) mass is 293 g/mol. The van der Waals surface area contributed by atoms with Gasteiger partial charge in [0.1, 0.15) is 0 Å². The van der Waals surface area contributed by atoms with Gasteiger partial charge in [-0.3, -0.25) is 10.00 Å². The molecule has 2 aromatic carbocycles. The van der Waals surface area contributed by atoms with Crippen LogP contribution < -0.4 is 5.32 Å². The Labute approximate surface area is 127 Å². The highest BCUT2D eigenvalue weighted by atomic mass is 16.4. The minimum atomic E-state index is -1.10. The third-order valence-electron chi connectivity index (χ3n) is 3.30. The van der Waals surface area contributed by atoms with Crippen molar-refractivity contribution in [3.8, 4) is 11.3 Å². The average Bonchev–Trinajstić information content (AvgIpc) is 2.91. The second kappa shape index (κ2) is 6.13. The van der Waals surface area contributed by atoms with Crippen molar-refractivity contribution in [2.75, 3.05) is 5.32 Å². The number of nitrogens with zero attached hydrogens (tertiary/aromatic N) is 2. The van der Waals surface area contributed by atoms with Crippen molar-refractivity contribution in [2.45, 2.75) is 6.54 Å². The van der Waals surface area contributed by atoms with Gasteiger partial charge in [-0.2, -0.15) is 5.10 Å². The number of amides is 1. The van der Waals surface area contributed by atoms with Crippen LogP contribution in [0.2, 0.25) is 0 Å². The quantitative estimate of drug-likeness (QED) is 0.771. The average molecular weight is 293 g/mol. The Kier molecular flexibility index (Phi) is 3.87. The van der Waals surface area contributed by atoms with E-state index in [0.29, 0.717) is 12.2 Å². The molecule has 0 aliphatic heterocycles. The molecule has 0 atom stereocenters. The van der Waals surface area contributed by atoms with Gasteiger partial charge in [0.15, 0.2) is 0 Å². The van der Waals surface area contributed by atoms with E-state index < -0.39 is 6.09 Å². The van der Waals surface area contributed by atoms with E-state index in [0.717, 1.165) is 16.8 Å². The van der Waals surface area contributed by atoms with E-state index in [1.165, 1.54) is 0 Å². The van der Waals surface area contributed by atoms with Crippen molar-refractivity contribution in [3.63, 3.8) is 0 Å². The number of aromatic nitrogens is 2. The van der Waals surface area contributed by atoms with Crippen molar-refractivity contribution in [2.24, 2.45) is 0 Å². The first-order valence-corrected chi connectivity index (χ1v) is 6.89. The number of anilines is 1. The van der Waals surface area contributed by atoms with Crippen molar-refractivity contribution in [1.29, 1.82) is 0 Å². The fourth-order valence-corrected chi connectivity index (χ4v) is 2.37. The lowest BCUT2D eigenvalue weighted by molar-refractivity contribution is 0.210. The summed E-state index contributed by atoms with van der Waals surface area (Å²) in [6.45, 7) is 0.576. The number of carboxylic acid groups (broad SMARTS) is 1. The van der Waals surface area contributed by atoms with Gasteiger partial charge in [-0.1, -0.05) is 60.7 Å².